The van der Waals surface area contributed by atoms with E-state index in [-0.39, 0.29) is 36.6 Å². The van der Waals surface area contributed by atoms with E-state index >= 15 is 0 Å². The molecular formula is C20H35IN4O3S. The molecule has 1 aromatic carbocycles. The lowest BCUT2D eigenvalue weighted by Crippen LogP contribution is -2.49. The van der Waals surface area contributed by atoms with E-state index < -0.39 is 14.6 Å². The molecule has 29 heavy (non-hydrogen) atoms. The second-order valence-electron chi connectivity index (χ2n) is 7.84. The molecule has 1 unspecified atom stereocenters. The Hall–Kier alpha value is -1.07. The molecule has 0 radical (unpaired) electrons. The van der Waals surface area contributed by atoms with Gasteiger partial charge >= 0.3 is 0 Å². The van der Waals surface area contributed by atoms with Gasteiger partial charge in [-0.3, -0.25) is 9.89 Å². The number of ether oxygens (including phenoxy) is 1. The van der Waals surface area contributed by atoms with Crippen molar-refractivity contribution in [2.75, 3.05) is 46.6 Å². The van der Waals surface area contributed by atoms with Crippen molar-refractivity contribution < 1.29 is 13.2 Å². The van der Waals surface area contributed by atoms with Gasteiger partial charge in [-0.15, -0.1) is 24.0 Å². The summed E-state index contributed by atoms with van der Waals surface area (Å²) in [7, 11) is 0.214. The fraction of sp³-hybridized carbons (Fsp3) is 0.650. The average Bonchev–Trinajstić information content (AvgIpc) is 3.18. The Bertz CT molecular complexity index is 778. The Morgan fingerprint density at radius 2 is 1.86 bits per heavy atom. The molecule has 1 aliphatic rings. The number of guanidine groups is 1. The molecule has 1 aromatic rings. The standard InChI is InChI=1S/C20H34N4O3S.HI/c1-20(2,28(5,25)26)15-23-19(21-3)22-14-17(24-12-8-9-13-24)16-10-6-7-11-18(16)27-4;/h6-7,10-11,17H,8-9,12-15H2,1-5H3,(H2,21,22,23);1H. The van der Waals surface area contributed by atoms with Gasteiger partial charge in [-0.2, -0.15) is 0 Å². The molecule has 1 atom stereocenters. The summed E-state index contributed by atoms with van der Waals surface area (Å²) >= 11 is 0. The van der Waals surface area contributed by atoms with Gasteiger partial charge in [0, 0.05) is 32.0 Å². The maximum absolute atomic E-state index is 11.9. The van der Waals surface area contributed by atoms with Gasteiger partial charge in [-0.1, -0.05) is 18.2 Å². The number of nitrogens with one attached hydrogen (secondary N) is 2. The van der Waals surface area contributed by atoms with Crippen LogP contribution < -0.4 is 15.4 Å². The van der Waals surface area contributed by atoms with E-state index in [1.807, 2.05) is 18.2 Å². The Balaban J connectivity index is 0.00000420. The molecule has 0 amide bonds. The molecule has 0 saturated carbocycles. The molecule has 1 saturated heterocycles. The average molecular weight is 538 g/mol. The van der Waals surface area contributed by atoms with Crippen LogP contribution in [0, 0.1) is 0 Å². The number of rotatable bonds is 8. The van der Waals surface area contributed by atoms with Crippen LogP contribution in [0.3, 0.4) is 0 Å². The van der Waals surface area contributed by atoms with Crippen molar-refractivity contribution >= 4 is 39.8 Å². The first-order chi connectivity index (χ1) is 13.2. The van der Waals surface area contributed by atoms with Gasteiger partial charge < -0.3 is 15.4 Å². The highest BCUT2D eigenvalue weighted by molar-refractivity contribution is 14.0. The molecule has 2 rings (SSSR count). The van der Waals surface area contributed by atoms with Crippen molar-refractivity contribution in [3.63, 3.8) is 0 Å². The molecule has 1 heterocycles. The van der Waals surface area contributed by atoms with Crippen LogP contribution in [-0.2, 0) is 9.84 Å². The van der Waals surface area contributed by atoms with Crippen molar-refractivity contribution in [3.8, 4) is 5.75 Å². The van der Waals surface area contributed by atoms with Crippen LogP contribution >= 0.6 is 24.0 Å². The maximum Gasteiger partial charge on any atom is 0.191 e. The third-order valence-corrected chi connectivity index (χ3v) is 7.60. The summed E-state index contributed by atoms with van der Waals surface area (Å²) in [4.78, 5) is 6.71. The SMILES string of the molecule is CN=C(NCC(c1ccccc1OC)N1CCCC1)NCC(C)(C)S(C)(=O)=O.I. The summed E-state index contributed by atoms with van der Waals surface area (Å²) in [5.74, 6) is 1.47. The summed E-state index contributed by atoms with van der Waals surface area (Å²) in [6.45, 7) is 6.47. The number of likely N-dealkylation sites (tertiary alicyclic amines) is 1. The monoisotopic (exact) mass is 538 g/mol. The van der Waals surface area contributed by atoms with Crippen LogP contribution in [0.15, 0.2) is 29.3 Å². The summed E-state index contributed by atoms with van der Waals surface area (Å²) in [6, 6.07) is 8.25. The molecule has 0 bridgehead atoms. The van der Waals surface area contributed by atoms with Gasteiger partial charge in [0.15, 0.2) is 15.8 Å². The van der Waals surface area contributed by atoms with Crippen molar-refractivity contribution in [2.45, 2.75) is 37.5 Å². The lowest BCUT2D eigenvalue weighted by Gasteiger charge is -2.30. The number of aliphatic imine (C=N–C) groups is 1. The van der Waals surface area contributed by atoms with Crippen molar-refractivity contribution in [2.24, 2.45) is 4.99 Å². The van der Waals surface area contributed by atoms with Crippen LogP contribution in [0.1, 0.15) is 38.3 Å². The number of halogens is 1. The maximum atomic E-state index is 11.9. The molecular weight excluding hydrogens is 503 g/mol. The number of nitrogens with zero attached hydrogens (tertiary/aromatic N) is 2. The largest absolute Gasteiger partial charge is 0.496 e. The minimum atomic E-state index is -3.17. The van der Waals surface area contributed by atoms with E-state index in [1.54, 1.807) is 28.0 Å². The second-order valence-corrected chi connectivity index (χ2v) is 10.5. The van der Waals surface area contributed by atoms with Crippen molar-refractivity contribution in [1.29, 1.82) is 0 Å². The quantitative estimate of drug-likeness (QED) is 0.301. The minimum Gasteiger partial charge on any atom is -0.496 e. The smallest absolute Gasteiger partial charge is 0.191 e. The highest BCUT2D eigenvalue weighted by Gasteiger charge is 2.30. The lowest BCUT2D eigenvalue weighted by molar-refractivity contribution is 0.239. The number of hydrogen-bond donors (Lipinski definition) is 2. The van der Waals surface area contributed by atoms with Gasteiger partial charge in [-0.05, 0) is 45.8 Å². The fourth-order valence-electron chi connectivity index (χ4n) is 3.27. The molecule has 1 aliphatic heterocycles. The van der Waals surface area contributed by atoms with Crippen LogP contribution in [0.25, 0.3) is 0 Å². The second kappa shape index (κ2) is 11.4. The van der Waals surface area contributed by atoms with Crippen LogP contribution in [0.2, 0.25) is 0 Å². The number of hydrogen-bond acceptors (Lipinski definition) is 5. The molecule has 166 valence electrons. The van der Waals surface area contributed by atoms with Gasteiger partial charge in [0.05, 0.1) is 17.9 Å². The zero-order valence-corrected chi connectivity index (χ0v) is 21.2. The predicted octanol–water partition coefficient (Wildman–Crippen LogP) is 2.44. The highest BCUT2D eigenvalue weighted by atomic mass is 127. The van der Waals surface area contributed by atoms with Crippen LogP contribution in [0.5, 0.6) is 5.75 Å². The molecule has 0 aromatic heterocycles. The molecule has 2 N–H and O–H groups in total. The molecule has 0 aliphatic carbocycles. The van der Waals surface area contributed by atoms with Crippen LogP contribution in [0.4, 0.5) is 0 Å². The fourth-order valence-corrected chi connectivity index (χ4v) is 3.61. The first kappa shape index (κ1) is 26.0. The molecule has 9 heteroatoms. The topological polar surface area (TPSA) is 83.0 Å². The van der Waals surface area contributed by atoms with E-state index in [4.69, 9.17) is 4.74 Å². The third kappa shape index (κ3) is 6.99. The summed E-state index contributed by atoms with van der Waals surface area (Å²) in [5.41, 5.74) is 1.14. The molecule has 1 fully saturated rings. The zero-order valence-electron chi connectivity index (χ0n) is 18.1. The first-order valence-corrected chi connectivity index (χ1v) is 11.6. The van der Waals surface area contributed by atoms with Gasteiger partial charge in [0.25, 0.3) is 0 Å². The Kier molecular flexibility index (Phi) is 10.2. The zero-order chi connectivity index (χ0) is 20.8. The van der Waals surface area contributed by atoms with Gasteiger partial charge in [-0.25, -0.2) is 8.42 Å². The summed E-state index contributed by atoms with van der Waals surface area (Å²) in [5, 5.41) is 6.52. The van der Waals surface area contributed by atoms with E-state index in [0.29, 0.717) is 12.5 Å². The van der Waals surface area contributed by atoms with Crippen molar-refractivity contribution in [3.05, 3.63) is 29.8 Å². The number of para-hydroxylation sites is 1. The minimum absolute atomic E-state index is 0. The molecule has 0 spiro atoms. The first-order valence-electron chi connectivity index (χ1n) is 9.70. The van der Waals surface area contributed by atoms with Crippen molar-refractivity contribution in [1.82, 2.24) is 15.5 Å². The summed E-state index contributed by atoms with van der Waals surface area (Å²) < 4.78 is 28.6. The number of sulfone groups is 1. The van der Waals surface area contributed by atoms with E-state index in [0.717, 1.165) is 24.4 Å². The Morgan fingerprint density at radius 1 is 1.24 bits per heavy atom. The third-order valence-electron chi connectivity index (χ3n) is 5.45. The lowest BCUT2D eigenvalue weighted by atomic mass is 10.0. The predicted molar refractivity (Wildman–Crippen MR) is 130 cm³/mol. The highest BCUT2D eigenvalue weighted by Crippen LogP contribution is 2.31. The Labute approximate surface area is 192 Å². The van der Waals surface area contributed by atoms with Crippen LogP contribution in [-0.4, -0.2) is 70.6 Å². The van der Waals surface area contributed by atoms with Gasteiger partial charge in [0.1, 0.15) is 5.75 Å². The van der Waals surface area contributed by atoms with E-state index in [2.05, 4.69) is 26.6 Å². The number of methoxy groups -OCH3 is 1. The van der Waals surface area contributed by atoms with E-state index in [9.17, 15) is 8.42 Å². The molecule has 7 nitrogen and oxygen atoms in total. The summed E-state index contributed by atoms with van der Waals surface area (Å²) in [6.07, 6.45) is 3.65. The van der Waals surface area contributed by atoms with Gasteiger partial charge in [0.2, 0.25) is 0 Å². The normalized spacial score (nSPS) is 16.8. The number of benzene rings is 1. The van der Waals surface area contributed by atoms with E-state index in [1.165, 1.54) is 19.1 Å². The Morgan fingerprint density at radius 3 is 2.41 bits per heavy atom.